The Bertz CT molecular complexity index is 808. The predicted molar refractivity (Wildman–Crippen MR) is 114 cm³/mol. The molecule has 0 aromatic heterocycles. The maximum atomic E-state index is 13.5. The van der Waals surface area contributed by atoms with Gasteiger partial charge < -0.3 is 4.90 Å². The van der Waals surface area contributed by atoms with Crippen LogP contribution in [-0.2, 0) is 4.79 Å². The number of amides is 1. The lowest BCUT2D eigenvalue weighted by Gasteiger charge is -2.40. The quantitative estimate of drug-likeness (QED) is 0.619. The Hall–Kier alpha value is -2.04. The Labute approximate surface area is 172 Å². The average molecular weight is 403 g/mol. The van der Waals surface area contributed by atoms with Crippen molar-refractivity contribution >= 4 is 17.2 Å². The van der Waals surface area contributed by atoms with Gasteiger partial charge in [0, 0.05) is 44.1 Å². The van der Waals surface area contributed by atoms with Crippen LogP contribution in [0.3, 0.4) is 0 Å². The first kappa shape index (κ1) is 21.7. The number of aryl methyl sites for hydroxylation is 1. The molecule has 0 bridgehead atoms. The smallest absolute Gasteiger partial charge is 0.248 e. The zero-order valence-electron chi connectivity index (χ0n) is 18.1. The van der Waals surface area contributed by atoms with E-state index in [4.69, 9.17) is 4.99 Å². The molecule has 3 nitrogen and oxygen atoms in total. The van der Waals surface area contributed by atoms with Crippen LogP contribution in [0.4, 0.5) is 8.78 Å². The third-order valence-corrected chi connectivity index (χ3v) is 6.12. The number of carbonyl (C=O) groups excluding carboxylic acids is 1. The number of allylic oxidation sites excluding steroid dienone is 1. The Kier molecular flexibility index (Phi) is 5.98. The van der Waals surface area contributed by atoms with E-state index in [1.807, 2.05) is 6.20 Å². The van der Waals surface area contributed by atoms with Crippen LogP contribution in [0.5, 0.6) is 0 Å². The summed E-state index contributed by atoms with van der Waals surface area (Å²) in [5, 5.41) is 0. The van der Waals surface area contributed by atoms with Gasteiger partial charge in [-0.25, -0.2) is 8.78 Å². The van der Waals surface area contributed by atoms with Gasteiger partial charge in [0.15, 0.2) is 0 Å². The third-order valence-electron chi connectivity index (χ3n) is 6.12. The highest BCUT2D eigenvalue weighted by Gasteiger charge is 2.42. The fourth-order valence-corrected chi connectivity index (χ4v) is 4.57. The lowest BCUT2D eigenvalue weighted by molar-refractivity contribution is -0.140. The number of nitrogens with zero attached hydrogens (tertiary/aromatic N) is 2. The molecule has 2 aliphatic rings. The molecule has 1 heterocycles. The molecule has 158 valence electrons. The number of carbonyl (C=O) groups is 1. The summed E-state index contributed by atoms with van der Waals surface area (Å²) in [6, 6.07) is 8.20. The van der Waals surface area contributed by atoms with Crippen LogP contribution in [0.15, 0.2) is 35.5 Å². The minimum Gasteiger partial charge on any atom is -0.337 e. The fourth-order valence-electron chi connectivity index (χ4n) is 4.57. The summed E-state index contributed by atoms with van der Waals surface area (Å²) in [6.45, 7) is 8.36. The van der Waals surface area contributed by atoms with Gasteiger partial charge in [-0.2, -0.15) is 0 Å². The van der Waals surface area contributed by atoms with E-state index in [9.17, 15) is 13.6 Å². The van der Waals surface area contributed by atoms with Crippen molar-refractivity contribution in [1.29, 1.82) is 0 Å². The van der Waals surface area contributed by atoms with Gasteiger partial charge in [-0.15, -0.1) is 0 Å². The molecular formula is C24H32F2N2O. The van der Waals surface area contributed by atoms with Crippen molar-refractivity contribution in [1.82, 2.24) is 4.90 Å². The fraction of sp³-hybridized carbons (Fsp3) is 0.583. The van der Waals surface area contributed by atoms with Crippen molar-refractivity contribution in [2.75, 3.05) is 7.05 Å². The van der Waals surface area contributed by atoms with Gasteiger partial charge >= 0.3 is 0 Å². The standard InChI is InChI=1S/C24H32F2N2O/c1-16-6-8-17(9-7-16)19-14-20(27-15-19)21(23(2,3)4)28(5)22(29)18-10-12-24(25,26)13-11-18/h6-9,15,18,21H,10-14H2,1-5H3/t21-/m1/s1. The molecule has 0 spiro atoms. The van der Waals surface area contributed by atoms with Crippen molar-refractivity contribution in [3.8, 4) is 0 Å². The Morgan fingerprint density at radius 2 is 1.76 bits per heavy atom. The van der Waals surface area contributed by atoms with E-state index in [2.05, 4.69) is 52.0 Å². The second-order valence-corrected chi connectivity index (χ2v) is 9.67. The van der Waals surface area contributed by atoms with E-state index < -0.39 is 5.92 Å². The summed E-state index contributed by atoms with van der Waals surface area (Å²) in [5.74, 6) is -2.98. The second-order valence-electron chi connectivity index (χ2n) is 9.67. The number of aliphatic imine (C=N–C) groups is 1. The number of hydrogen-bond donors (Lipinski definition) is 0. The van der Waals surface area contributed by atoms with Crippen molar-refractivity contribution in [3.05, 3.63) is 41.6 Å². The third kappa shape index (κ3) is 4.93. The van der Waals surface area contributed by atoms with Crippen LogP contribution in [-0.4, -0.2) is 35.5 Å². The molecule has 1 aliphatic heterocycles. The molecule has 3 rings (SSSR count). The first-order valence-electron chi connectivity index (χ1n) is 10.4. The Morgan fingerprint density at radius 1 is 1.17 bits per heavy atom. The molecule has 0 radical (unpaired) electrons. The average Bonchev–Trinajstić information content (AvgIpc) is 3.10. The molecule has 29 heavy (non-hydrogen) atoms. The summed E-state index contributed by atoms with van der Waals surface area (Å²) in [5.41, 5.74) is 4.26. The lowest BCUT2D eigenvalue weighted by atomic mass is 9.79. The van der Waals surface area contributed by atoms with Crippen LogP contribution in [0.25, 0.3) is 5.57 Å². The van der Waals surface area contributed by atoms with E-state index in [1.54, 1.807) is 11.9 Å². The van der Waals surface area contributed by atoms with E-state index in [0.717, 1.165) is 16.8 Å². The van der Waals surface area contributed by atoms with Gasteiger partial charge in [0.2, 0.25) is 11.8 Å². The van der Waals surface area contributed by atoms with Crippen molar-refractivity contribution in [2.24, 2.45) is 16.3 Å². The van der Waals surface area contributed by atoms with Crippen LogP contribution < -0.4 is 0 Å². The minimum atomic E-state index is -2.62. The van der Waals surface area contributed by atoms with E-state index in [-0.39, 0.29) is 49.0 Å². The largest absolute Gasteiger partial charge is 0.337 e. The van der Waals surface area contributed by atoms with Gasteiger partial charge in [-0.1, -0.05) is 50.6 Å². The number of benzene rings is 1. The monoisotopic (exact) mass is 402 g/mol. The summed E-state index contributed by atoms with van der Waals surface area (Å²) in [6.07, 6.45) is 2.72. The SMILES string of the molecule is Cc1ccc(C2=CN=C([C@@H](N(C)C(=O)C3CCC(F)(F)CC3)C(C)(C)C)C2)cc1. The molecule has 0 unspecified atom stereocenters. The Balaban J connectivity index is 1.74. The topological polar surface area (TPSA) is 32.7 Å². The Morgan fingerprint density at radius 3 is 2.31 bits per heavy atom. The highest BCUT2D eigenvalue weighted by molar-refractivity contribution is 6.03. The maximum absolute atomic E-state index is 13.5. The maximum Gasteiger partial charge on any atom is 0.248 e. The normalized spacial score (nSPS) is 20.8. The van der Waals surface area contributed by atoms with E-state index in [1.165, 1.54) is 5.56 Å². The zero-order valence-corrected chi connectivity index (χ0v) is 18.1. The number of rotatable bonds is 4. The molecule has 1 aliphatic carbocycles. The summed E-state index contributed by atoms with van der Waals surface area (Å²) < 4.78 is 27.0. The highest BCUT2D eigenvalue weighted by atomic mass is 19.3. The van der Waals surface area contributed by atoms with Gasteiger partial charge in [0.25, 0.3) is 0 Å². The van der Waals surface area contributed by atoms with Crippen LogP contribution >= 0.6 is 0 Å². The molecule has 1 amide bonds. The molecule has 1 aromatic carbocycles. The van der Waals surface area contributed by atoms with Gasteiger partial charge in [-0.05, 0) is 36.3 Å². The summed E-state index contributed by atoms with van der Waals surface area (Å²) in [4.78, 5) is 19.6. The van der Waals surface area contributed by atoms with Gasteiger partial charge in [-0.3, -0.25) is 9.79 Å². The number of hydrogen-bond acceptors (Lipinski definition) is 2. The summed E-state index contributed by atoms with van der Waals surface area (Å²) in [7, 11) is 1.80. The van der Waals surface area contributed by atoms with Crippen LogP contribution in [0.1, 0.15) is 64.0 Å². The second kappa shape index (κ2) is 8.00. The number of halogens is 2. The van der Waals surface area contributed by atoms with E-state index >= 15 is 0 Å². The van der Waals surface area contributed by atoms with Crippen LogP contribution in [0.2, 0.25) is 0 Å². The van der Waals surface area contributed by atoms with Gasteiger partial charge in [0.05, 0.1) is 6.04 Å². The van der Waals surface area contributed by atoms with Crippen molar-refractivity contribution in [2.45, 2.75) is 71.8 Å². The number of alkyl halides is 2. The van der Waals surface area contributed by atoms with Gasteiger partial charge in [0.1, 0.15) is 0 Å². The minimum absolute atomic E-state index is 0.0353. The molecule has 0 saturated heterocycles. The molecule has 1 aromatic rings. The molecular weight excluding hydrogens is 370 g/mol. The van der Waals surface area contributed by atoms with E-state index in [0.29, 0.717) is 6.42 Å². The van der Waals surface area contributed by atoms with Crippen molar-refractivity contribution < 1.29 is 13.6 Å². The molecule has 1 atom stereocenters. The highest BCUT2D eigenvalue weighted by Crippen LogP contribution is 2.38. The zero-order chi connectivity index (χ0) is 21.4. The first-order valence-corrected chi connectivity index (χ1v) is 10.4. The first-order chi connectivity index (χ1) is 13.5. The molecule has 1 saturated carbocycles. The molecule has 1 fully saturated rings. The molecule has 5 heteroatoms. The van der Waals surface area contributed by atoms with Crippen molar-refractivity contribution in [3.63, 3.8) is 0 Å². The lowest BCUT2D eigenvalue weighted by Crippen LogP contribution is -2.52. The summed E-state index contributed by atoms with van der Waals surface area (Å²) >= 11 is 0. The van der Waals surface area contributed by atoms with Crippen LogP contribution in [0, 0.1) is 18.3 Å². The predicted octanol–water partition coefficient (Wildman–Crippen LogP) is 5.88. The molecule has 0 N–H and O–H groups in total.